The van der Waals surface area contributed by atoms with E-state index in [1.54, 1.807) is 13.8 Å². The van der Waals surface area contributed by atoms with Crippen LogP contribution in [0.4, 0.5) is 0 Å². The molecule has 1 aromatic rings. The van der Waals surface area contributed by atoms with Crippen molar-refractivity contribution >= 4 is 10.0 Å². The summed E-state index contributed by atoms with van der Waals surface area (Å²) in [6.07, 6.45) is 0.497. The second-order valence-electron chi connectivity index (χ2n) is 3.65. The Kier molecular flexibility index (Phi) is 3.54. The summed E-state index contributed by atoms with van der Waals surface area (Å²) >= 11 is 0. The molecule has 1 rings (SSSR count). The van der Waals surface area contributed by atoms with Crippen LogP contribution in [0.5, 0.6) is 0 Å². The molecule has 0 spiro atoms. The Balaban J connectivity index is 2.96. The molecule has 1 aromatic heterocycles. The predicted molar refractivity (Wildman–Crippen MR) is 54.8 cm³/mol. The maximum Gasteiger partial charge on any atom is 0.274 e. The van der Waals surface area contributed by atoms with Gasteiger partial charge in [-0.05, 0) is 20.8 Å². The van der Waals surface area contributed by atoms with Crippen LogP contribution < -0.4 is 4.72 Å². The van der Waals surface area contributed by atoms with Crippen molar-refractivity contribution in [1.82, 2.24) is 4.72 Å². The van der Waals surface area contributed by atoms with Crippen molar-refractivity contribution < 1.29 is 17.9 Å². The molecule has 0 radical (unpaired) electrons. The molecule has 86 valence electrons. The molecule has 0 fully saturated rings. The standard InChI is InChI=1S/C9H15NO4S/c1-6(2)10-15(12,13)9-4-8(5-14-9)7(3)11/h4-7,10-11H,1-3H3. The van der Waals surface area contributed by atoms with Crippen molar-refractivity contribution in [2.45, 2.75) is 38.0 Å². The molecule has 0 amide bonds. The van der Waals surface area contributed by atoms with Gasteiger partial charge >= 0.3 is 0 Å². The number of furan rings is 1. The fourth-order valence-electron chi connectivity index (χ4n) is 1.06. The molecular formula is C9H15NO4S. The minimum absolute atomic E-state index is 0.174. The zero-order valence-corrected chi connectivity index (χ0v) is 9.71. The first-order valence-corrected chi connectivity index (χ1v) is 6.10. The number of aliphatic hydroxyl groups is 1. The number of hydrogen-bond donors (Lipinski definition) is 2. The summed E-state index contributed by atoms with van der Waals surface area (Å²) < 4.78 is 30.4. The molecule has 6 heteroatoms. The molecule has 0 bridgehead atoms. The van der Waals surface area contributed by atoms with Gasteiger partial charge in [0.2, 0.25) is 5.09 Å². The highest BCUT2D eigenvalue weighted by Crippen LogP contribution is 2.19. The first-order chi connectivity index (χ1) is 6.83. The molecule has 5 nitrogen and oxygen atoms in total. The summed E-state index contributed by atoms with van der Waals surface area (Å²) in [6, 6.07) is 1.12. The van der Waals surface area contributed by atoms with Gasteiger partial charge in [-0.25, -0.2) is 13.1 Å². The van der Waals surface area contributed by atoms with Gasteiger partial charge in [-0.2, -0.15) is 0 Å². The predicted octanol–water partition coefficient (Wildman–Crippen LogP) is 1.02. The van der Waals surface area contributed by atoms with Gasteiger partial charge in [0.1, 0.15) is 0 Å². The number of hydrogen-bond acceptors (Lipinski definition) is 4. The lowest BCUT2D eigenvalue weighted by Crippen LogP contribution is -2.29. The van der Waals surface area contributed by atoms with E-state index in [-0.39, 0.29) is 11.1 Å². The lowest BCUT2D eigenvalue weighted by atomic mass is 10.2. The highest BCUT2D eigenvalue weighted by molar-refractivity contribution is 7.89. The van der Waals surface area contributed by atoms with Gasteiger partial charge in [0, 0.05) is 17.7 Å². The first-order valence-electron chi connectivity index (χ1n) is 4.62. The third kappa shape index (κ3) is 3.05. The number of nitrogens with one attached hydrogen (secondary N) is 1. The molecule has 1 heterocycles. The highest BCUT2D eigenvalue weighted by Gasteiger charge is 2.20. The first kappa shape index (κ1) is 12.2. The second kappa shape index (κ2) is 4.34. The number of rotatable bonds is 4. The van der Waals surface area contributed by atoms with Gasteiger partial charge in [-0.15, -0.1) is 0 Å². The van der Waals surface area contributed by atoms with E-state index in [0.29, 0.717) is 5.56 Å². The zero-order chi connectivity index (χ0) is 11.6. The van der Waals surface area contributed by atoms with Gasteiger partial charge in [-0.3, -0.25) is 0 Å². The highest BCUT2D eigenvalue weighted by atomic mass is 32.2. The van der Waals surface area contributed by atoms with Crippen LogP contribution in [0.15, 0.2) is 21.8 Å². The SMILES string of the molecule is CC(C)NS(=O)(=O)c1cc(C(C)O)co1. The van der Waals surface area contributed by atoms with Crippen molar-refractivity contribution in [3.63, 3.8) is 0 Å². The Bertz CT molecular complexity index is 419. The molecule has 0 saturated carbocycles. The summed E-state index contributed by atoms with van der Waals surface area (Å²) in [7, 11) is -3.60. The van der Waals surface area contributed by atoms with Crippen LogP contribution in [0.3, 0.4) is 0 Å². The lowest BCUT2D eigenvalue weighted by molar-refractivity contribution is 0.198. The molecule has 0 aliphatic rings. The summed E-state index contributed by atoms with van der Waals surface area (Å²) in [5.41, 5.74) is 0.444. The van der Waals surface area contributed by atoms with Crippen molar-refractivity contribution in [2.75, 3.05) is 0 Å². The molecule has 15 heavy (non-hydrogen) atoms. The van der Waals surface area contributed by atoms with Gasteiger partial charge in [0.05, 0.1) is 12.4 Å². The van der Waals surface area contributed by atoms with Crippen molar-refractivity contribution in [2.24, 2.45) is 0 Å². The van der Waals surface area contributed by atoms with E-state index in [2.05, 4.69) is 4.72 Å². The molecule has 0 aliphatic heterocycles. The van der Waals surface area contributed by atoms with Crippen molar-refractivity contribution in [1.29, 1.82) is 0 Å². The van der Waals surface area contributed by atoms with Gasteiger partial charge in [0.25, 0.3) is 10.0 Å². The van der Waals surface area contributed by atoms with E-state index >= 15 is 0 Å². The Labute approximate surface area is 89.2 Å². The molecule has 2 N–H and O–H groups in total. The number of aliphatic hydroxyl groups excluding tert-OH is 1. The van der Waals surface area contributed by atoms with E-state index < -0.39 is 16.1 Å². The molecule has 0 aromatic carbocycles. The number of sulfonamides is 1. The average molecular weight is 233 g/mol. The molecular weight excluding hydrogens is 218 g/mol. The van der Waals surface area contributed by atoms with Crippen LogP contribution in [0, 0.1) is 0 Å². The van der Waals surface area contributed by atoms with Gasteiger partial charge in [-0.1, -0.05) is 0 Å². The van der Waals surface area contributed by atoms with E-state index in [1.165, 1.54) is 19.3 Å². The third-order valence-corrected chi connectivity index (χ3v) is 3.26. The van der Waals surface area contributed by atoms with Crippen LogP contribution in [-0.4, -0.2) is 19.6 Å². The third-order valence-electron chi connectivity index (χ3n) is 1.73. The average Bonchev–Trinajstić information content (AvgIpc) is 2.48. The Hall–Kier alpha value is -0.850. The largest absolute Gasteiger partial charge is 0.451 e. The maximum atomic E-state index is 11.6. The van der Waals surface area contributed by atoms with E-state index in [1.807, 2.05) is 0 Å². The van der Waals surface area contributed by atoms with E-state index in [0.717, 1.165) is 0 Å². The lowest BCUT2D eigenvalue weighted by Gasteiger charge is -2.06. The Morgan fingerprint density at radius 3 is 2.40 bits per heavy atom. The summed E-state index contributed by atoms with van der Waals surface area (Å²) in [5.74, 6) is 0. The Morgan fingerprint density at radius 1 is 1.40 bits per heavy atom. The minimum atomic E-state index is -3.60. The van der Waals surface area contributed by atoms with Crippen molar-refractivity contribution in [3.8, 4) is 0 Å². The van der Waals surface area contributed by atoms with Crippen molar-refractivity contribution in [3.05, 3.63) is 17.9 Å². The topological polar surface area (TPSA) is 79.5 Å². The summed E-state index contributed by atoms with van der Waals surface area (Å²) in [4.78, 5) is 0. The molecule has 1 unspecified atom stereocenters. The summed E-state index contributed by atoms with van der Waals surface area (Å²) in [5, 5.41) is 9.04. The Morgan fingerprint density at radius 2 is 2.00 bits per heavy atom. The smallest absolute Gasteiger partial charge is 0.274 e. The molecule has 1 atom stereocenters. The van der Waals surface area contributed by atoms with Gasteiger partial charge < -0.3 is 9.52 Å². The van der Waals surface area contributed by atoms with Crippen LogP contribution in [0.25, 0.3) is 0 Å². The van der Waals surface area contributed by atoms with Crippen LogP contribution >= 0.6 is 0 Å². The fraction of sp³-hybridized carbons (Fsp3) is 0.556. The summed E-state index contributed by atoms with van der Waals surface area (Å²) in [6.45, 7) is 4.98. The maximum absolute atomic E-state index is 11.6. The molecule has 0 aliphatic carbocycles. The fourth-order valence-corrected chi connectivity index (χ4v) is 2.26. The quantitative estimate of drug-likeness (QED) is 0.813. The molecule has 0 saturated heterocycles. The van der Waals surface area contributed by atoms with Crippen LogP contribution in [0.2, 0.25) is 0 Å². The van der Waals surface area contributed by atoms with E-state index in [4.69, 9.17) is 4.42 Å². The minimum Gasteiger partial charge on any atom is -0.451 e. The normalized spacial score (nSPS) is 14.5. The van der Waals surface area contributed by atoms with Gasteiger partial charge in [0.15, 0.2) is 0 Å². The van der Waals surface area contributed by atoms with Crippen LogP contribution in [0.1, 0.15) is 32.4 Å². The second-order valence-corrected chi connectivity index (χ2v) is 5.30. The zero-order valence-electron chi connectivity index (χ0n) is 8.89. The van der Waals surface area contributed by atoms with E-state index in [9.17, 15) is 13.5 Å². The van der Waals surface area contributed by atoms with Crippen LogP contribution in [-0.2, 0) is 10.0 Å². The monoisotopic (exact) mass is 233 g/mol.